The normalized spacial score (nSPS) is 16.9. The summed E-state index contributed by atoms with van der Waals surface area (Å²) in [5.74, 6) is -1.00. The average molecular weight is 469 g/mol. The SMILES string of the molecule is Cc1cccc(C(=O)N[C@@H]2C(=O)Nc3c(c(C)nn3Cc3ccccc3)[C@H]2c2ccc(F)cc2)c1. The molecule has 2 amide bonds. The molecule has 0 spiro atoms. The Hall–Kier alpha value is -4.26. The molecule has 5 rings (SSSR count). The number of hydrogen-bond acceptors (Lipinski definition) is 3. The van der Waals surface area contributed by atoms with Crippen molar-refractivity contribution in [2.45, 2.75) is 32.4 Å². The van der Waals surface area contributed by atoms with Crippen LogP contribution in [-0.4, -0.2) is 27.6 Å². The molecule has 0 unspecified atom stereocenters. The molecule has 35 heavy (non-hydrogen) atoms. The molecule has 2 N–H and O–H groups in total. The van der Waals surface area contributed by atoms with Gasteiger partial charge in [-0.25, -0.2) is 9.07 Å². The van der Waals surface area contributed by atoms with Crippen LogP contribution in [0, 0.1) is 19.7 Å². The number of aryl methyl sites for hydroxylation is 2. The Morgan fingerprint density at radius 2 is 1.77 bits per heavy atom. The Labute approximate surface area is 202 Å². The molecular weight excluding hydrogens is 443 g/mol. The largest absolute Gasteiger partial charge is 0.339 e. The summed E-state index contributed by atoms with van der Waals surface area (Å²) in [5.41, 5.74) is 4.72. The smallest absolute Gasteiger partial charge is 0.251 e. The minimum atomic E-state index is -0.894. The Kier molecular flexibility index (Phi) is 5.91. The first-order valence-corrected chi connectivity index (χ1v) is 11.5. The van der Waals surface area contributed by atoms with E-state index in [9.17, 15) is 14.0 Å². The number of rotatable bonds is 5. The van der Waals surface area contributed by atoms with Gasteiger partial charge in [-0.2, -0.15) is 5.10 Å². The van der Waals surface area contributed by atoms with Gasteiger partial charge in [0.25, 0.3) is 5.91 Å². The number of carbonyl (C=O) groups is 2. The molecule has 4 aromatic rings. The number of nitrogens with zero attached hydrogens (tertiary/aromatic N) is 2. The maximum absolute atomic E-state index is 13.8. The van der Waals surface area contributed by atoms with E-state index in [0.29, 0.717) is 17.9 Å². The lowest BCUT2D eigenvalue weighted by molar-refractivity contribution is -0.118. The van der Waals surface area contributed by atoms with Crippen molar-refractivity contribution >= 4 is 17.6 Å². The molecule has 0 saturated carbocycles. The zero-order chi connectivity index (χ0) is 24.5. The maximum atomic E-state index is 13.8. The minimum absolute atomic E-state index is 0.345. The molecule has 1 aliphatic heterocycles. The quantitative estimate of drug-likeness (QED) is 0.451. The number of carbonyl (C=O) groups excluding carboxylic acids is 2. The lowest BCUT2D eigenvalue weighted by Gasteiger charge is -2.33. The van der Waals surface area contributed by atoms with Crippen LogP contribution in [0.4, 0.5) is 10.2 Å². The predicted molar refractivity (Wildman–Crippen MR) is 132 cm³/mol. The predicted octanol–water partition coefficient (Wildman–Crippen LogP) is 4.57. The van der Waals surface area contributed by atoms with E-state index < -0.39 is 12.0 Å². The molecular formula is C28H25FN4O2. The summed E-state index contributed by atoms with van der Waals surface area (Å²) in [6, 6.07) is 22.2. The van der Waals surface area contributed by atoms with Crippen LogP contribution in [0.5, 0.6) is 0 Å². The highest BCUT2D eigenvalue weighted by Crippen LogP contribution is 2.40. The van der Waals surface area contributed by atoms with E-state index in [4.69, 9.17) is 5.10 Å². The lowest BCUT2D eigenvalue weighted by atomic mass is 9.82. The summed E-state index contributed by atoms with van der Waals surface area (Å²) >= 11 is 0. The second-order valence-corrected chi connectivity index (χ2v) is 8.83. The van der Waals surface area contributed by atoms with Crippen LogP contribution < -0.4 is 10.6 Å². The fourth-order valence-electron chi connectivity index (χ4n) is 4.67. The van der Waals surface area contributed by atoms with E-state index in [0.717, 1.165) is 27.9 Å². The molecule has 0 saturated heterocycles. The number of anilines is 1. The summed E-state index contributed by atoms with van der Waals surface area (Å²) in [4.78, 5) is 26.5. The molecule has 0 bridgehead atoms. The van der Waals surface area contributed by atoms with E-state index in [1.165, 1.54) is 12.1 Å². The molecule has 2 heterocycles. The van der Waals surface area contributed by atoms with Gasteiger partial charge in [0.1, 0.15) is 17.7 Å². The average Bonchev–Trinajstić information content (AvgIpc) is 3.15. The molecule has 0 fully saturated rings. The minimum Gasteiger partial charge on any atom is -0.339 e. The zero-order valence-corrected chi connectivity index (χ0v) is 19.5. The van der Waals surface area contributed by atoms with Crippen LogP contribution in [0.25, 0.3) is 0 Å². The van der Waals surface area contributed by atoms with E-state index >= 15 is 0 Å². The third kappa shape index (κ3) is 4.45. The van der Waals surface area contributed by atoms with Gasteiger partial charge in [-0.15, -0.1) is 0 Å². The molecule has 3 aromatic carbocycles. The summed E-state index contributed by atoms with van der Waals surface area (Å²) in [5, 5.41) is 10.6. The first-order chi connectivity index (χ1) is 16.9. The molecule has 176 valence electrons. The monoisotopic (exact) mass is 468 g/mol. The Balaban J connectivity index is 1.57. The van der Waals surface area contributed by atoms with Crippen LogP contribution in [0.2, 0.25) is 0 Å². The van der Waals surface area contributed by atoms with E-state index in [1.807, 2.05) is 50.2 Å². The van der Waals surface area contributed by atoms with Crippen molar-refractivity contribution in [3.05, 3.63) is 118 Å². The van der Waals surface area contributed by atoms with Crippen molar-refractivity contribution in [2.75, 3.05) is 5.32 Å². The fraction of sp³-hybridized carbons (Fsp3) is 0.179. The van der Waals surface area contributed by atoms with E-state index in [1.54, 1.807) is 35.0 Å². The van der Waals surface area contributed by atoms with E-state index in [2.05, 4.69) is 10.6 Å². The highest BCUT2D eigenvalue weighted by Gasteiger charge is 2.41. The van der Waals surface area contributed by atoms with Crippen LogP contribution in [0.1, 0.15) is 44.2 Å². The maximum Gasteiger partial charge on any atom is 0.251 e. The topological polar surface area (TPSA) is 76.0 Å². The van der Waals surface area contributed by atoms with Crippen LogP contribution in [0.15, 0.2) is 78.9 Å². The van der Waals surface area contributed by atoms with Gasteiger partial charge in [0, 0.05) is 17.0 Å². The number of halogens is 1. The standard InChI is InChI=1S/C28H25FN4O2/c1-17-7-6-10-21(15-17)27(34)30-25-24(20-11-13-22(29)14-12-20)23-18(2)32-33(26(23)31-28(25)35)16-19-8-4-3-5-9-19/h3-15,24-25H,16H2,1-2H3,(H,30,34)(H,31,35)/t24-,25+/m1/s1. The summed E-state index contributed by atoms with van der Waals surface area (Å²) in [6.45, 7) is 4.27. The second-order valence-electron chi connectivity index (χ2n) is 8.83. The first kappa shape index (κ1) is 22.5. The third-order valence-electron chi connectivity index (χ3n) is 6.31. The zero-order valence-electron chi connectivity index (χ0n) is 19.5. The number of hydrogen-bond donors (Lipinski definition) is 2. The highest BCUT2D eigenvalue weighted by atomic mass is 19.1. The van der Waals surface area contributed by atoms with Gasteiger partial charge in [-0.05, 0) is 49.2 Å². The van der Waals surface area contributed by atoms with Crippen molar-refractivity contribution in [1.29, 1.82) is 0 Å². The highest BCUT2D eigenvalue weighted by molar-refractivity contribution is 6.04. The number of amides is 2. The summed E-state index contributed by atoms with van der Waals surface area (Å²) in [7, 11) is 0. The van der Waals surface area contributed by atoms with Crippen LogP contribution in [0.3, 0.4) is 0 Å². The Bertz CT molecular complexity index is 1400. The van der Waals surface area contributed by atoms with Gasteiger partial charge in [0.05, 0.1) is 12.2 Å². The molecule has 0 aliphatic carbocycles. The number of aromatic nitrogens is 2. The van der Waals surface area contributed by atoms with Crippen molar-refractivity contribution < 1.29 is 14.0 Å². The molecule has 0 radical (unpaired) electrons. The summed E-state index contributed by atoms with van der Waals surface area (Å²) in [6.07, 6.45) is 0. The van der Waals surface area contributed by atoms with Gasteiger partial charge in [0.2, 0.25) is 5.91 Å². The number of nitrogens with one attached hydrogen (secondary N) is 2. The van der Waals surface area contributed by atoms with Gasteiger partial charge in [-0.3, -0.25) is 9.59 Å². The van der Waals surface area contributed by atoms with Crippen molar-refractivity contribution in [1.82, 2.24) is 15.1 Å². The molecule has 6 nitrogen and oxygen atoms in total. The first-order valence-electron chi connectivity index (χ1n) is 11.5. The molecule has 1 aromatic heterocycles. The van der Waals surface area contributed by atoms with Crippen molar-refractivity contribution in [3.8, 4) is 0 Å². The molecule has 7 heteroatoms. The Morgan fingerprint density at radius 3 is 2.49 bits per heavy atom. The second kappa shape index (κ2) is 9.18. The van der Waals surface area contributed by atoms with Gasteiger partial charge >= 0.3 is 0 Å². The number of benzene rings is 3. The number of fused-ring (bicyclic) bond motifs is 1. The van der Waals surface area contributed by atoms with Crippen molar-refractivity contribution in [3.63, 3.8) is 0 Å². The molecule has 2 atom stereocenters. The van der Waals surface area contributed by atoms with Gasteiger partial charge < -0.3 is 10.6 Å². The Morgan fingerprint density at radius 1 is 1.03 bits per heavy atom. The fourth-order valence-corrected chi connectivity index (χ4v) is 4.67. The lowest BCUT2D eigenvalue weighted by Crippen LogP contribution is -2.50. The van der Waals surface area contributed by atoms with Crippen LogP contribution >= 0.6 is 0 Å². The van der Waals surface area contributed by atoms with Gasteiger partial charge in [0.15, 0.2) is 0 Å². The van der Waals surface area contributed by atoms with Crippen LogP contribution in [-0.2, 0) is 11.3 Å². The third-order valence-corrected chi connectivity index (χ3v) is 6.31. The summed E-state index contributed by atoms with van der Waals surface area (Å²) < 4.78 is 15.5. The molecule has 1 aliphatic rings. The van der Waals surface area contributed by atoms with E-state index in [-0.39, 0.29) is 17.6 Å². The van der Waals surface area contributed by atoms with Crippen molar-refractivity contribution in [2.24, 2.45) is 0 Å². The van der Waals surface area contributed by atoms with Gasteiger partial charge in [-0.1, -0.05) is 60.2 Å².